The van der Waals surface area contributed by atoms with Gasteiger partial charge in [-0.05, 0) is 32.1 Å². The summed E-state index contributed by atoms with van der Waals surface area (Å²) in [5, 5.41) is 13.6. The van der Waals surface area contributed by atoms with Gasteiger partial charge in [0.05, 0.1) is 39.9 Å². The number of aliphatic hydroxyl groups is 1. The number of rotatable bonds is 35. The third kappa shape index (κ3) is 33.5. The molecule has 3 unspecified atom stereocenters. The Morgan fingerprint density at radius 2 is 1.15 bits per heavy atom. The fraction of sp³-hybridized carbons (Fsp3) is 0.872. The van der Waals surface area contributed by atoms with E-state index in [0.717, 1.165) is 51.4 Å². The second-order valence-corrected chi connectivity index (χ2v) is 16.1. The van der Waals surface area contributed by atoms with Gasteiger partial charge in [0.15, 0.2) is 0 Å². The maximum atomic E-state index is 12.6. The van der Waals surface area contributed by atoms with Gasteiger partial charge in [-0.2, -0.15) is 0 Å². The lowest BCUT2D eigenvalue weighted by molar-refractivity contribution is -0.870. The molecule has 0 saturated heterocycles. The fourth-order valence-corrected chi connectivity index (χ4v) is 6.20. The number of unbranched alkanes of at least 4 members (excludes halogenated alkanes) is 20. The molecule has 48 heavy (non-hydrogen) atoms. The van der Waals surface area contributed by atoms with E-state index < -0.39 is 20.0 Å². The highest BCUT2D eigenvalue weighted by atomic mass is 31.2. The molecule has 0 aliphatic heterocycles. The highest BCUT2D eigenvalue weighted by Crippen LogP contribution is 2.43. The first-order valence-electron chi connectivity index (χ1n) is 19.7. The molecule has 0 aromatic heterocycles. The Morgan fingerprint density at radius 1 is 0.688 bits per heavy atom. The zero-order chi connectivity index (χ0) is 35.8. The number of likely N-dealkylation sites (N-methyl/N-ethyl adjacent to an activating group) is 1. The molecule has 9 heteroatoms. The molecule has 0 fully saturated rings. The van der Waals surface area contributed by atoms with Crippen LogP contribution in [0, 0.1) is 0 Å². The molecule has 0 bridgehead atoms. The number of allylic oxidation sites excluding steroid dienone is 3. The summed E-state index contributed by atoms with van der Waals surface area (Å²) in [6.45, 7) is 4.69. The lowest BCUT2D eigenvalue weighted by Gasteiger charge is -2.25. The number of nitrogens with zero attached hydrogens (tertiary/aromatic N) is 1. The Morgan fingerprint density at radius 3 is 1.67 bits per heavy atom. The molecule has 0 aliphatic rings. The first-order chi connectivity index (χ1) is 23.0. The summed E-state index contributed by atoms with van der Waals surface area (Å²) < 4.78 is 23.3. The molecule has 0 aromatic rings. The lowest BCUT2D eigenvalue weighted by atomic mass is 10.0. The molecule has 0 aliphatic carbocycles. The van der Waals surface area contributed by atoms with Crippen molar-refractivity contribution in [2.45, 2.75) is 180 Å². The summed E-state index contributed by atoms with van der Waals surface area (Å²) in [6.07, 6.45) is 35.8. The van der Waals surface area contributed by atoms with Crippen LogP contribution in [0.25, 0.3) is 0 Å². The zero-order valence-electron chi connectivity index (χ0n) is 32.0. The molecule has 3 N–H and O–H groups in total. The lowest BCUT2D eigenvalue weighted by Crippen LogP contribution is -2.45. The highest BCUT2D eigenvalue weighted by Gasteiger charge is 2.27. The number of phosphoric ester groups is 1. The van der Waals surface area contributed by atoms with Crippen LogP contribution in [-0.2, 0) is 18.4 Å². The van der Waals surface area contributed by atoms with Crippen molar-refractivity contribution in [1.29, 1.82) is 0 Å². The smallest absolute Gasteiger partial charge is 0.387 e. The summed E-state index contributed by atoms with van der Waals surface area (Å²) in [7, 11) is 1.55. The summed E-state index contributed by atoms with van der Waals surface area (Å²) >= 11 is 0. The number of amides is 1. The number of carbonyl (C=O) groups is 1. The van der Waals surface area contributed by atoms with E-state index in [0.29, 0.717) is 17.4 Å². The summed E-state index contributed by atoms with van der Waals surface area (Å²) in [5.74, 6) is -0.201. The van der Waals surface area contributed by atoms with E-state index in [4.69, 9.17) is 9.05 Å². The molecule has 0 heterocycles. The topological polar surface area (TPSA) is 105 Å². The quantitative estimate of drug-likeness (QED) is 0.0263. The first kappa shape index (κ1) is 47.0. The predicted molar refractivity (Wildman–Crippen MR) is 203 cm³/mol. The Balaban J connectivity index is 4.29. The van der Waals surface area contributed by atoms with Crippen molar-refractivity contribution in [3.8, 4) is 0 Å². The molecular weight excluding hydrogens is 623 g/mol. The summed E-state index contributed by atoms with van der Waals surface area (Å²) in [6, 6.07) is -0.854. The van der Waals surface area contributed by atoms with Crippen LogP contribution >= 0.6 is 7.82 Å². The van der Waals surface area contributed by atoms with Crippen LogP contribution in [0.2, 0.25) is 0 Å². The van der Waals surface area contributed by atoms with Gasteiger partial charge in [-0.25, -0.2) is 4.57 Å². The molecule has 0 rings (SSSR count). The number of aliphatic hydroxyl groups excluding tert-OH is 1. The minimum atomic E-state index is -4.32. The first-order valence-corrected chi connectivity index (χ1v) is 21.2. The molecule has 284 valence electrons. The van der Waals surface area contributed by atoms with Gasteiger partial charge in [0.25, 0.3) is 0 Å². The molecule has 8 nitrogen and oxygen atoms in total. The minimum absolute atomic E-state index is 0.0570. The maximum Gasteiger partial charge on any atom is 0.472 e. The van der Waals surface area contributed by atoms with Crippen LogP contribution < -0.4 is 5.32 Å². The average Bonchev–Trinajstić information content (AvgIpc) is 3.02. The molecular formula is C39H78N2O6P+. The number of nitrogens with one attached hydrogen (secondary N) is 1. The molecule has 0 saturated carbocycles. The Bertz CT molecular complexity index is 845. The third-order valence-corrected chi connectivity index (χ3v) is 9.66. The summed E-state index contributed by atoms with van der Waals surface area (Å²) in [4.78, 5) is 22.7. The maximum absolute atomic E-state index is 12.6. The number of quaternary nitrogens is 1. The van der Waals surface area contributed by atoms with Crippen molar-refractivity contribution in [1.82, 2.24) is 5.32 Å². The van der Waals surface area contributed by atoms with E-state index in [1.54, 1.807) is 6.08 Å². The van der Waals surface area contributed by atoms with Gasteiger partial charge in [-0.3, -0.25) is 13.8 Å². The highest BCUT2D eigenvalue weighted by molar-refractivity contribution is 7.47. The van der Waals surface area contributed by atoms with Gasteiger partial charge in [0, 0.05) is 6.42 Å². The second-order valence-electron chi connectivity index (χ2n) is 14.7. The summed E-state index contributed by atoms with van der Waals surface area (Å²) in [5.41, 5.74) is 0. The Hall–Kier alpha value is -1.02. The van der Waals surface area contributed by atoms with Crippen LogP contribution in [0.15, 0.2) is 24.3 Å². The number of hydrogen-bond acceptors (Lipinski definition) is 5. The Labute approximate surface area is 296 Å². The normalized spacial score (nSPS) is 14.9. The van der Waals surface area contributed by atoms with Crippen LogP contribution in [0.3, 0.4) is 0 Å². The van der Waals surface area contributed by atoms with Gasteiger partial charge >= 0.3 is 7.82 Å². The number of hydrogen-bond donors (Lipinski definition) is 3. The molecule has 0 aromatic carbocycles. The fourth-order valence-electron chi connectivity index (χ4n) is 5.47. The third-order valence-electron chi connectivity index (χ3n) is 8.67. The van der Waals surface area contributed by atoms with Crippen molar-refractivity contribution in [3.63, 3.8) is 0 Å². The molecule has 0 spiro atoms. The van der Waals surface area contributed by atoms with Crippen LogP contribution in [-0.4, -0.2) is 73.4 Å². The van der Waals surface area contributed by atoms with Crippen molar-refractivity contribution in [2.75, 3.05) is 40.9 Å². The van der Waals surface area contributed by atoms with Gasteiger partial charge in [0.2, 0.25) is 5.91 Å². The molecule has 1 amide bonds. The number of phosphoric acid groups is 1. The standard InChI is InChI=1S/C39H77N2O6P/c1-6-8-10-12-13-14-15-16-17-18-19-20-21-22-23-24-25-26-27-29-30-32-38(42)37(40-39(43)33-31-28-11-9-7-2)36-47-48(44,45)46-35-34-41(3,4)5/h25-26,30,32,37-38,42H,6-24,27-29,31,33-36H2,1-5H3,(H-,40,43,44,45)/p+1/b26-25+,32-30+. The zero-order valence-corrected chi connectivity index (χ0v) is 32.9. The van der Waals surface area contributed by atoms with Crippen molar-refractivity contribution in [3.05, 3.63) is 24.3 Å². The van der Waals surface area contributed by atoms with Gasteiger partial charge in [-0.15, -0.1) is 0 Å². The van der Waals surface area contributed by atoms with Crippen molar-refractivity contribution in [2.24, 2.45) is 0 Å². The molecule has 0 radical (unpaired) electrons. The monoisotopic (exact) mass is 702 g/mol. The second kappa shape index (κ2) is 31.9. The largest absolute Gasteiger partial charge is 0.472 e. The van der Waals surface area contributed by atoms with Crippen molar-refractivity contribution >= 4 is 13.7 Å². The van der Waals surface area contributed by atoms with E-state index in [9.17, 15) is 19.4 Å². The average molecular weight is 702 g/mol. The van der Waals surface area contributed by atoms with Crippen molar-refractivity contribution < 1.29 is 32.9 Å². The van der Waals surface area contributed by atoms with E-state index in [1.165, 1.54) is 96.3 Å². The van der Waals surface area contributed by atoms with Gasteiger partial charge in [-0.1, -0.05) is 154 Å². The van der Waals surface area contributed by atoms with Gasteiger partial charge in [0.1, 0.15) is 13.2 Å². The van der Waals surface area contributed by atoms with Crippen LogP contribution in [0.5, 0.6) is 0 Å². The van der Waals surface area contributed by atoms with Crippen LogP contribution in [0.1, 0.15) is 168 Å². The molecule has 3 atom stereocenters. The van der Waals surface area contributed by atoms with Crippen LogP contribution in [0.4, 0.5) is 0 Å². The van der Waals surface area contributed by atoms with E-state index in [2.05, 4.69) is 31.3 Å². The van der Waals surface area contributed by atoms with E-state index in [1.807, 2.05) is 27.2 Å². The van der Waals surface area contributed by atoms with E-state index in [-0.39, 0.29) is 19.1 Å². The van der Waals surface area contributed by atoms with Gasteiger partial charge < -0.3 is 19.8 Å². The Kier molecular flexibility index (Phi) is 31.2. The number of carbonyl (C=O) groups excluding carboxylic acids is 1. The van der Waals surface area contributed by atoms with E-state index >= 15 is 0 Å². The SMILES string of the molecule is CCCCCCCCCCCCCCCCC/C=C/CC/C=C/C(O)C(COP(=O)(O)OCC[N+](C)(C)C)NC(=O)CCCCCCC. The minimum Gasteiger partial charge on any atom is -0.387 e. The predicted octanol–water partition coefficient (Wildman–Crippen LogP) is 10.2.